The highest BCUT2D eigenvalue weighted by molar-refractivity contribution is 9.10. The molecule has 0 N–H and O–H groups in total. The molecule has 2 rings (SSSR count). The Morgan fingerprint density at radius 3 is 2.65 bits per heavy atom. The van der Waals surface area contributed by atoms with Crippen LogP contribution in [0.2, 0.25) is 0 Å². The first-order valence-electron chi connectivity index (χ1n) is 7.33. The normalized spacial score (nSPS) is 11.1. The van der Waals surface area contributed by atoms with Gasteiger partial charge in [0.15, 0.2) is 0 Å². The van der Waals surface area contributed by atoms with E-state index in [-0.39, 0.29) is 28.1 Å². The highest BCUT2D eigenvalue weighted by Crippen LogP contribution is 2.27. The average molecular weight is 436 g/mol. The molecule has 2 aromatic rings. The Bertz CT molecular complexity index is 999. The molecule has 0 atom stereocenters. The van der Waals surface area contributed by atoms with Crippen LogP contribution < -0.4 is 0 Å². The van der Waals surface area contributed by atoms with Gasteiger partial charge in [-0.3, -0.25) is 10.1 Å². The van der Waals surface area contributed by atoms with Gasteiger partial charge in [-0.25, -0.2) is 8.42 Å². The molecule has 0 amide bonds. The van der Waals surface area contributed by atoms with E-state index in [0.717, 1.165) is 10.4 Å². The molecule has 2 aromatic carbocycles. The molecule has 0 saturated heterocycles. The van der Waals surface area contributed by atoms with Gasteiger partial charge >= 0.3 is 0 Å². The summed E-state index contributed by atoms with van der Waals surface area (Å²) in [5.41, 5.74) is 0.707. The molecule has 0 aromatic heterocycles. The summed E-state index contributed by atoms with van der Waals surface area (Å²) in [5, 5.41) is 20.0. The predicted octanol–water partition coefficient (Wildman–Crippen LogP) is 3.61. The van der Waals surface area contributed by atoms with Gasteiger partial charge in [0, 0.05) is 29.7 Å². The number of halogens is 1. The monoisotopic (exact) mass is 435 g/mol. The van der Waals surface area contributed by atoms with Crippen LogP contribution in [0.4, 0.5) is 5.69 Å². The molecule has 26 heavy (non-hydrogen) atoms. The van der Waals surface area contributed by atoms with E-state index < -0.39 is 14.9 Å². The summed E-state index contributed by atoms with van der Waals surface area (Å²) < 4.78 is 27.4. The third-order valence-electron chi connectivity index (χ3n) is 3.45. The molecule has 0 aliphatic rings. The zero-order chi connectivity index (χ0) is 19.3. The van der Waals surface area contributed by atoms with Crippen molar-refractivity contribution in [1.82, 2.24) is 4.31 Å². The number of hydrogen-bond donors (Lipinski definition) is 0. The molecule has 0 aliphatic heterocycles. The van der Waals surface area contributed by atoms with Gasteiger partial charge in [0.25, 0.3) is 5.69 Å². The van der Waals surface area contributed by atoms with Crippen molar-refractivity contribution in [3.05, 3.63) is 80.8 Å². The average Bonchev–Trinajstić information content (AvgIpc) is 2.61. The fourth-order valence-corrected chi connectivity index (χ4v) is 4.38. The number of nitriles is 1. The van der Waals surface area contributed by atoms with Crippen LogP contribution >= 0.6 is 15.9 Å². The first-order chi connectivity index (χ1) is 12.3. The van der Waals surface area contributed by atoms with Crippen molar-refractivity contribution >= 4 is 31.6 Å². The predicted molar refractivity (Wildman–Crippen MR) is 99.7 cm³/mol. The molecule has 9 heteroatoms. The van der Waals surface area contributed by atoms with Crippen LogP contribution in [-0.2, 0) is 16.6 Å². The van der Waals surface area contributed by atoms with E-state index in [9.17, 15) is 18.5 Å². The smallest absolute Gasteiger partial charge is 0.258 e. The van der Waals surface area contributed by atoms with Crippen LogP contribution in [0, 0.1) is 21.4 Å². The van der Waals surface area contributed by atoms with Gasteiger partial charge < -0.3 is 0 Å². The van der Waals surface area contributed by atoms with Crippen molar-refractivity contribution in [2.45, 2.75) is 11.4 Å². The Morgan fingerprint density at radius 1 is 1.31 bits per heavy atom. The van der Waals surface area contributed by atoms with Crippen molar-refractivity contribution in [3.8, 4) is 6.07 Å². The van der Waals surface area contributed by atoms with Gasteiger partial charge in [0.05, 0.1) is 21.5 Å². The largest absolute Gasteiger partial charge is 0.271 e. The van der Waals surface area contributed by atoms with Crippen molar-refractivity contribution in [2.75, 3.05) is 6.54 Å². The van der Waals surface area contributed by atoms with E-state index >= 15 is 0 Å². The van der Waals surface area contributed by atoms with Crippen molar-refractivity contribution in [2.24, 2.45) is 0 Å². The SMILES string of the molecule is C=CCN(Cc1cccc(C#N)c1)S(=O)(=O)c1cc(Br)cc([N+](=O)[O-])c1. The van der Waals surface area contributed by atoms with Crippen molar-refractivity contribution in [3.63, 3.8) is 0 Å². The molecule has 0 unspecified atom stereocenters. The van der Waals surface area contributed by atoms with E-state index in [2.05, 4.69) is 22.5 Å². The van der Waals surface area contributed by atoms with E-state index in [4.69, 9.17) is 5.26 Å². The maximum atomic E-state index is 13.0. The van der Waals surface area contributed by atoms with Gasteiger partial charge in [0.1, 0.15) is 0 Å². The minimum Gasteiger partial charge on any atom is -0.258 e. The molecule has 0 aliphatic carbocycles. The van der Waals surface area contributed by atoms with Crippen LogP contribution in [0.3, 0.4) is 0 Å². The van der Waals surface area contributed by atoms with Crippen molar-refractivity contribution < 1.29 is 13.3 Å². The fourth-order valence-electron chi connectivity index (χ4n) is 2.29. The highest BCUT2D eigenvalue weighted by Gasteiger charge is 2.26. The Hall–Kier alpha value is -2.54. The number of hydrogen-bond acceptors (Lipinski definition) is 5. The van der Waals surface area contributed by atoms with Gasteiger partial charge in [0.2, 0.25) is 10.0 Å². The fraction of sp³-hybridized carbons (Fsp3) is 0.118. The van der Waals surface area contributed by atoms with E-state index in [1.165, 1.54) is 18.2 Å². The Morgan fingerprint density at radius 2 is 2.04 bits per heavy atom. The van der Waals surface area contributed by atoms with Crippen molar-refractivity contribution in [1.29, 1.82) is 5.26 Å². The number of non-ortho nitro benzene ring substituents is 1. The lowest BCUT2D eigenvalue weighted by molar-refractivity contribution is -0.385. The standard InChI is InChI=1S/C17H14BrN3O4S/c1-2-6-20(12-14-5-3-4-13(7-14)11-19)26(24,25)17-9-15(18)8-16(10-17)21(22)23/h2-5,7-10H,1,6,12H2. The van der Waals surface area contributed by atoms with E-state index in [1.807, 2.05) is 6.07 Å². The second kappa shape index (κ2) is 8.23. The Kier molecular flexibility index (Phi) is 6.26. The molecule has 0 spiro atoms. The molecule has 134 valence electrons. The summed E-state index contributed by atoms with van der Waals surface area (Å²) in [6.45, 7) is 3.59. The minimum absolute atomic E-state index is 0.00415. The maximum absolute atomic E-state index is 13.0. The molecule has 0 radical (unpaired) electrons. The zero-order valence-corrected chi connectivity index (χ0v) is 15.9. The second-order valence-electron chi connectivity index (χ2n) is 5.30. The third-order valence-corrected chi connectivity index (χ3v) is 5.70. The summed E-state index contributed by atoms with van der Waals surface area (Å²) in [5.74, 6) is 0. The summed E-state index contributed by atoms with van der Waals surface area (Å²) in [7, 11) is -4.01. The topological polar surface area (TPSA) is 104 Å². The third kappa shape index (κ3) is 4.54. The Balaban J connectivity index is 2.46. The molecule has 7 nitrogen and oxygen atoms in total. The molecule has 0 fully saturated rings. The zero-order valence-electron chi connectivity index (χ0n) is 13.5. The molecule has 0 saturated carbocycles. The van der Waals surface area contributed by atoms with E-state index in [1.54, 1.807) is 24.3 Å². The quantitative estimate of drug-likeness (QED) is 0.375. The van der Waals surface area contributed by atoms with Gasteiger partial charge in [-0.05, 0) is 23.8 Å². The molecular weight excluding hydrogens is 422 g/mol. The molecule has 0 heterocycles. The van der Waals surface area contributed by atoms with Crippen LogP contribution in [-0.4, -0.2) is 24.2 Å². The maximum Gasteiger partial charge on any atom is 0.271 e. The van der Waals surface area contributed by atoms with Crippen LogP contribution in [0.1, 0.15) is 11.1 Å². The lowest BCUT2D eigenvalue weighted by atomic mass is 10.1. The number of nitrogens with zero attached hydrogens (tertiary/aromatic N) is 3. The second-order valence-corrected chi connectivity index (χ2v) is 8.15. The number of nitro benzene ring substituents is 1. The van der Waals surface area contributed by atoms with Gasteiger partial charge in [-0.2, -0.15) is 9.57 Å². The summed E-state index contributed by atoms with van der Waals surface area (Å²) in [6, 6.07) is 12.1. The Labute approximate surface area is 159 Å². The number of benzene rings is 2. The molecule has 0 bridgehead atoms. The lowest BCUT2D eigenvalue weighted by Gasteiger charge is -2.21. The lowest BCUT2D eigenvalue weighted by Crippen LogP contribution is -2.31. The summed E-state index contributed by atoms with van der Waals surface area (Å²) in [6.07, 6.45) is 1.43. The minimum atomic E-state index is -4.01. The first kappa shape index (κ1) is 19.8. The van der Waals surface area contributed by atoms with Crippen LogP contribution in [0.25, 0.3) is 0 Å². The first-order valence-corrected chi connectivity index (χ1v) is 9.56. The van der Waals surface area contributed by atoms with Gasteiger partial charge in [-0.1, -0.05) is 34.1 Å². The number of nitro groups is 1. The van der Waals surface area contributed by atoms with Crippen LogP contribution in [0.15, 0.2) is 64.5 Å². The summed E-state index contributed by atoms with van der Waals surface area (Å²) in [4.78, 5) is 10.2. The molecular formula is C17H14BrN3O4S. The van der Waals surface area contributed by atoms with Gasteiger partial charge in [-0.15, -0.1) is 6.58 Å². The van der Waals surface area contributed by atoms with E-state index in [0.29, 0.717) is 11.1 Å². The highest BCUT2D eigenvalue weighted by atomic mass is 79.9. The number of sulfonamides is 1. The summed E-state index contributed by atoms with van der Waals surface area (Å²) >= 11 is 3.10. The van der Waals surface area contributed by atoms with Crippen LogP contribution in [0.5, 0.6) is 0 Å². The number of rotatable bonds is 7.